The lowest BCUT2D eigenvalue weighted by Crippen LogP contribution is -2.58. The van der Waals surface area contributed by atoms with Gasteiger partial charge in [-0.15, -0.1) is 0 Å². The largest absolute Gasteiger partial charge is 0.452 e. The highest BCUT2D eigenvalue weighted by Crippen LogP contribution is 2.27. The van der Waals surface area contributed by atoms with Crippen LogP contribution in [0.25, 0.3) is 0 Å². The molecule has 1 saturated heterocycles. The molecule has 0 aliphatic carbocycles. The Kier molecular flexibility index (Phi) is 7.39. The predicted molar refractivity (Wildman–Crippen MR) is 108 cm³/mol. The summed E-state index contributed by atoms with van der Waals surface area (Å²) >= 11 is 0. The Hall–Kier alpha value is -2.79. The molecule has 0 unspecified atom stereocenters. The molecule has 3 rings (SSSR count). The summed E-state index contributed by atoms with van der Waals surface area (Å²) in [4.78, 5) is 25.3. The summed E-state index contributed by atoms with van der Waals surface area (Å²) < 4.78 is 50.4. The van der Waals surface area contributed by atoms with Gasteiger partial charge in [-0.2, -0.15) is 8.42 Å². The van der Waals surface area contributed by atoms with Crippen LogP contribution in [0.1, 0.15) is 20.7 Å². The lowest BCUT2D eigenvalue weighted by molar-refractivity contribution is -0.256. The summed E-state index contributed by atoms with van der Waals surface area (Å²) in [5, 5.41) is 0. The molecule has 0 N–H and O–H groups in total. The second kappa shape index (κ2) is 10.0. The number of rotatable bonds is 7. The molecule has 0 saturated carbocycles. The average Bonchev–Trinajstić information content (AvgIpc) is 2.76. The van der Waals surface area contributed by atoms with Gasteiger partial charge in [0.2, 0.25) is 0 Å². The maximum absolute atomic E-state index is 12.7. The molecule has 4 atom stereocenters. The third-order valence-electron chi connectivity index (χ3n) is 4.42. The van der Waals surface area contributed by atoms with Gasteiger partial charge in [0.15, 0.2) is 18.5 Å². The summed E-state index contributed by atoms with van der Waals surface area (Å²) in [5.74, 6) is -1.47. The van der Waals surface area contributed by atoms with Gasteiger partial charge < -0.3 is 18.9 Å². The van der Waals surface area contributed by atoms with E-state index in [1.807, 2.05) is 0 Å². The Morgan fingerprint density at radius 2 is 1.35 bits per heavy atom. The van der Waals surface area contributed by atoms with Crippen LogP contribution in [0.5, 0.6) is 0 Å². The quantitative estimate of drug-likeness (QED) is 0.460. The number of methoxy groups -OCH3 is 1. The molecule has 0 amide bonds. The van der Waals surface area contributed by atoms with Crippen molar-refractivity contribution >= 4 is 22.1 Å². The summed E-state index contributed by atoms with van der Waals surface area (Å²) in [6.07, 6.45) is -4.10. The zero-order valence-electron chi connectivity index (χ0n) is 16.9. The predicted octanol–water partition coefficient (Wildman–Crippen LogP) is 1.79. The molecule has 1 aliphatic heterocycles. The van der Waals surface area contributed by atoms with Crippen molar-refractivity contribution in [3.63, 3.8) is 0 Å². The molecule has 31 heavy (non-hydrogen) atoms. The van der Waals surface area contributed by atoms with E-state index in [4.69, 9.17) is 23.1 Å². The number of esters is 2. The number of benzene rings is 2. The van der Waals surface area contributed by atoms with Gasteiger partial charge in [-0.05, 0) is 24.3 Å². The molecule has 1 aliphatic rings. The van der Waals surface area contributed by atoms with Crippen LogP contribution in [0, 0.1) is 0 Å². The molecule has 166 valence electrons. The van der Waals surface area contributed by atoms with Crippen molar-refractivity contribution in [3.8, 4) is 0 Å². The second-order valence-corrected chi connectivity index (χ2v) is 8.35. The number of carbonyl (C=O) groups is 2. The van der Waals surface area contributed by atoms with Gasteiger partial charge in [0.1, 0.15) is 6.10 Å². The van der Waals surface area contributed by atoms with Crippen molar-refractivity contribution in [2.24, 2.45) is 0 Å². The van der Waals surface area contributed by atoms with Gasteiger partial charge in [-0.1, -0.05) is 36.4 Å². The molecule has 0 spiro atoms. The van der Waals surface area contributed by atoms with Crippen molar-refractivity contribution in [1.82, 2.24) is 0 Å². The van der Waals surface area contributed by atoms with E-state index in [2.05, 4.69) is 0 Å². The number of ether oxygens (including phenoxy) is 4. The highest BCUT2D eigenvalue weighted by atomic mass is 32.2. The number of carbonyl (C=O) groups excluding carboxylic acids is 2. The first kappa shape index (κ1) is 22.9. The maximum atomic E-state index is 12.7. The summed E-state index contributed by atoms with van der Waals surface area (Å²) in [6, 6.07) is 16.2. The van der Waals surface area contributed by atoms with E-state index >= 15 is 0 Å². The minimum atomic E-state index is -3.94. The molecule has 0 radical (unpaired) electrons. The van der Waals surface area contributed by atoms with Gasteiger partial charge in [0.05, 0.1) is 24.0 Å². The molecule has 2 aromatic rings. The molecule has 0 aromatic heterocycles. The van der Waals surface area contributed by atoms with E-state index < -0.39 is 46.7 Å². The molecule has 10 heteroatoms. The first-order valence-corrected chi connectivity index (χ1v) is 11.1. The summed E-state index contributed by atoms with van der Waals surface area (Å²) in [6.45, 7) is -0.266. The normalized spacial score (nSPS) is 23.7. The molecule has 2 aromatic carbocycles. The second-order valence-electron chi connectivity index (χ2n) is 6.75. The standard InChI is InChI=1S/C21H22O9S/c1-26-21-18(29-20(23)15-11-7-4-8-12-15)17(16(13-27-21)30-31(2,24)25)28-19(22)14-9-5-3-6-10-14/h3-12,16-18,21H,13H2,1-2H3/t16-,17-,18+,21+/m1/s1. The number of hydrogen-bond donors (Lipinski definition) is 0. The van der Waals surface area contributed by atoms with Crippen LogP contribution in [0.15, 0.2) is 60.7 Å². The van der Waals surface area contributed by atoms with Crippen LogP contribution >= 0.6 is 0 Å². The zero-order valence-corrected chi connectivity index (χ0v) is 17.7. The third-order valence-corrected chi connectivity index (χ3v) is 5.02. The zero-order chi connectivity index (χ0) is 22.4. The molecular weight excluding hydrogens is 428 g/mol. The average molecular weight is 450 g/mol. The topological polar surface area (TPSA) is 114 Å². The maximum Gasteiger partial charge on any atom is 0.338 e. The molecule has 1 heterocycles. The Balaban J connectivity index is 1.90. The van der Waals surface area contributed by atoms with E-state index in [1.165, 1.54) is 19.2 Å². The van der Waals surface area contributed by atoms with E-state index in [-0.39, 0.29) is 17.7 Å². The Bertz CT molecular complexity index is 992. The minimum absolute atomic E-state index is 0.231. The highest BCUT2D eigenvalue weighted by Gasteiger charge is 2.48. The van der Waals surface area contributed by atoms with Gasteiger partial charge in [-0.25, -0.2) is 9.59 Å². The van der Waals surface area contributed by atoms with Crippen molar-refractivity contribution < 1.29 is 41.1 Å². The van der Waals surface area contributed by atoms with E-state index in [0.29, 0.717) is 0 Å². The SMILES string of the molecule is CO[C@H]1OC[C@@H](OS(C)(=O)=O)[C@@H](OC(=O)c2ccccc2)[C@@H]1OC(=O)c1ccccc1. The molecular formula is C21H22O9S. The first-order valence-electron chi connectivity index (χ1n) is 9.33. The molecule has 1 fully saturated rings. The minimum Gasteiger partial charge on any atom is -0.452 e. The fraction of sp³-hybridized carbons (Fsp3) is 0.333. The highest BCUT2D eigenvalue weighted by molar-refractivity contribution is 7.86. The van der Waals surface area contributed by atoms with Crippen molar-refractivity contribution in [2.75, 3.05) is 20.0 Å². The Labute approximate surface area is 179 Å². The van der Waals surface area contributed by atoms with Gasteiger partial charge in [0.25, 0.3) is 10.1 Å². The van der Waals surface area contributed by atoms with Crippen LogP contribution in [0.2, 0.25) is 0 Å². The fourth-order valence-corrected chi connectivity index (χ4v) is 3.67. The lowest BCUT2D eigenvalue weighted by atomic mass is 10.0. The Morgan fingerprint density at radius 1 is 0.871 bits per heavy atom. The van der Waals surface area contributed by atoms with Crippen LogP contribution in [0.4, 0.5) is 0 Å². The van der Waals surface area contributed by atoms with Crippen LogP contribution in [-0.4, -0.2) is 64.9 Å². The van der Waals surface area contributed by atoms with Crippen LogP contribution in [0.3, 0.4) is 0 Å². The van der Waals surface area contributed by atoms with Gasteiger partial charge in [0, 0.05) is 7.11 Å². The number of hydrogen-bond acceptors (Lipinski definition) is 9. The monoisotopic (exact) mass is 450 g/mol. The Morgan fingerprint density at radius 3 is 1.81 bits per heavy atom. The molecule has 9 nitrogen and oxygen atoms in total. The summed E-state index contributed by atoms with van der Waals surface area (Å²) in [5.41, 5.74) is 0.478. The lowest BCUT2D eigenvalue weighted by Gasteiger charge is -2.39. The third kappa shape index (κ3) is 6.11. The van der Waals surface area contributed by atoms with Crippen LogP contribution < -0.4 is 0 Å². The van der Waals surface area contributed by atoms with Crippen LogP contribution in [-0.2, 0) is 33.2 Å². The van der Waals surface area contributed by atoms with Crippen molar-refractivity contribution in [1.29, 1.82) is 0 Å². The van der Waals surface area contributed by atoms with Crippen molar-refractivity contribution in [3.05, 3.63) is 71.8 Å². The first-order chi connectivity index (χ1) is 14.8. The fourth-order valence-electron chi connectivity index (χ4n) is 3.05. The molecule has 0 bridgehead atoms. The van der Waals surface area contributed by atoms with Gasteiger partial charge >= 0.3 is 11.9 Å². The summed E-state index contributed by atoms with van der Waals surface area (Å²) in [7, 11) is -2.62. The van der Waals surface area contributed by atoms with E-state index in [0.717, 1.165) is 6.26 Å². The van der Waals surface area contributed by atoms with Gasteiger partial charge in [-0.3, -0.25) is 4.18 Å². The van der Waals surface area contributed by atoms with Crippen molar-refractivity contribution in [2.45, 2.75) is 24.6 Å². The van der Waals surface area contributed by atoms with E-state index in [1.54, 1.807) is 48.5 Å². The van der Waals surface area contributed by atoms with E-state index in [9.17, 15) is 18.0 Å². The smallest absolute Gasteiger partial charge is 0.338 e.